The number of hydrogen-bond donors (Lipinski definition) is 2. The first kappa shape index (κ1) is 16.8. The van der Waals surface area contributed by atoms with Crippen molar-refractivity contribution in [2.75, 3.05) is 31.1 Å². The van der Waals surface area contributed by atoms with Crippen LogP contribution in [0, 0.1) is 0 Å². The average molecular weight is 370 g/mol. The summed E-state index contributed by atoms with van der Waals surface area (Å²) in [6.45, 7) is 3.53. The third-order valence-corrected chi connectivity index (χ3v) is 5.23. The maximum Gasteiger partial charge on any atom is 0.238 e. The molecule has 3 heterocycles. The molecule has 0 saturated carbocycles. The zero-order valence-electron chi connectivity index (χ0n) is 14.0. The van der Waals surface area contributed by atoms with Gasteiger partial charge in [0.15, 0.2) is 0 Å². The van der Waals surface area contributed by atoms with Crippen LogP contribution in [0.5, 0.6) is 0 Å². The molecule has 8 nitrogen and oxygen atoms in total. The van der Waals surface area contributed by atoms with Crippen molar-refractivity contribution < 1.29 is 8.42 Å². The Morgan fingerprint density at radius 3 is 2.65 bits per heavy atom. The molecule has 4 rings (SSSR count). The minimum absolute atomic E-state index is 0.0631. The number of fused-ring (bicyclic) bond motifs is 1. The number of sulfonamides is 1. The minimum atomic E-state index is -3.76. The lowest BCUT2D eigenvalue weighted by Gasteiger charge is -2.27. The summed E-state index contributed by atoms with van der Waals surface area (Å²) in [5.74, 6) is 0.683. The van der Waals surface area contributed by atoms with Crippen molar-refractivity contribution in [2.45, 2.75) is 4.90 Å². The fraction of sp³-hybridized carbons (Fsp3) is 0.235. The predicted octanol–water partition coefficient (Wildman–Crippen LogP) is 0.749. The SMILES string of the molecule is NS(=O)(=O)c1ccc2ncc(-c3ccnc(N4CCNCC4)n3)cc2c1. The molecule has 3 aromatic rings. The number of pyridine rings is 1. The molecule has 0 spiro atoms. The highest BCUT2D eigenvalue weighted by atomic mass is 32.2. The lowest BCUT2D eigenvalue weighted by atomic mass is 10.1. The van der Waals surface area contributed by atoms with Crippen molar-refractivity contribution >= 4 is 26.9 Å². The van der Waals surface area contributed by atoms with E-state index in [1.807, 2.05) is 12.1 Å². The van der Waals surface area contributed by atoms with E-state index in [0.717, 1.165) is 37.4 Å². The van der Waals surface area contributed by atoms with E-state index in [0.29, 0.717) is 16.9 Å². The van der Waals surface area contributed by atoms with Gasteiger partial charge in [-0.05, 0) is 30.3 Å². The Morgan fingerprint density at radius 2 is 1.88 bits per heavy atom. The number of nitrogens with zero attached hydrogens (tertiary/aromatic N) is 4. The Balaban J connectivity index is 1.74. The molecule has 0 unspecified atom stereocenters. The predicted molar refractivity (Wildman–Crippen MR) is 99.2 cm³/mol. The molecule has 26 heavy (non-hydrogen) atoms. The molecule has 1 aromatic carbocycles. The van der Waals surface area contributed by atoms with Crippen LogP contribution in [0.1, 0.15) is 0 Å². The Kier molecular flexibility index (Phi) is 4.27. The number of nitrogens with two attached hydrogens (primary N) is 1. The van der Waals surface area contributed by atoms with Gasteiger partial charge in [0.05, 0.1) is 16.1 Å². The van der Waals surface area contributed by atoms with Gasteiger partial charge in [0.25, 0.3) is 0 Å². The Labute approximate surface area is 151 Å². The number of benzene rings is 1. The van der Waals surface area contributed by atoms with E-state index in [4.69, 9.17) is 5.14 Å². The number of piperazine rings is 1. The fourth-order valence-corrected chi connectivity index (χ4v) is 3.50. The summed E-state index contributed by atoms with van der Waals surface area (Å²) in [5.41, 5.74) is 2.23. The molecular weight excluding hydrogens is 352 g/mol. The van der Waals surface area contributed by atoms with Crippen molar-refractivity contribution in [3.8, 4) is 11.3 Å². The molecule has 0 radical (unpaired) electrons. The standard InChI is InChI=1S/C17H18N6O2S/c18-26(24,25)14-1-2-15-12(10-14)9-13(11-21-15)16-3-4-20-17(22-16)23-7-5-19-6-8-23/h1-4,9-11,19H,5-8H2,(H2,18,24,25). The molecule has 0 amide bonds. The molecule has 2 aromatic heterocycles. The molecule has 0 bridgehead atoms. The number of aromatic nitrogens is 3. The van der Waals surface area contributed by atoms with E-state index in [2.05, 4.69) is 25.2 Å². The minimum Gasteiger partial charge on any atom is -0.338 e. The summed E-state index contributed by atoms with van der Waals surface area (Å²) >= 11 is 0. The molecule has 1 saturated heterocycles. The van der Waals surface area contributed by atoms with Crippen LogP contribution in [0.25, 0.3) is 22.2 Å². The van der Waals surface area contributed by atoms with Crippen LogP contribution >= 0.6 is 0 Å². The highest BCUT2D eigenvalue weighted by Crippen LogP contribution is 2.24. The van der Waals surface area contributed by atoms with Gasteiger partial charge in [0.1, 0.15) is 0 Å². The first-order valence-electron chi connectivity index (χ1n) is 8.22. The van der Waals surface area contributed by atoms with Crippen molar-refractivity contribution in [1.82, 2.24) is 20.3 Å². The number of nitrogens with one attached hydrogen (secondary N) is 1. The first-order valence-corrected chi connectivity index (χ1v) is 9.77. The van der Waals surface area contributed by atoms with Crippen LogP contribution in [-0.2, 0) is 10.0 Å². The molecule has 0 atom stereocenters. The summed E-state index contributed by atoms with van der Waals surface area (Å²) in [5, 5.41) is 9.21. The fourth-order valence-electron chi connectivity index (χ4n) is 2.95. The average Bonchev–Trinajstić information content (AvgIpc) is 2.67. The molecule has 0 aliphatic carbocycles. The topological polar surface area (TPSA) is 114 Å². The first-order chi connectivity index (χ1) is 12.5. The van der Waals surface area contributed by atoms with Crippen molar-refractivity contribution in [1.29, 1.82) is 0 Å². The number of primary sulfonamides is 1. The van der Waals surface area contributed by atoms with Crippen molar-refractivity contribution in [2.24, 2.45) is 5.14 Å². The van der Waals surface area contributed by atoms with Gasteiger partial charge in [-0.15, -0.1) is 0 Å². The number of hydrogen-bond acceptors (Lipinski definition) is 7. The van der Waals surface area contributed by atoms with Crippen LogP contribution < -0.4 is 15.4 Å². The van der Waals surface area contributed by atoms with Gasteiger partial charge in [-0.3, -0.25) is 4.98 Å². The monoisotopic (exact) mass is 370 g/mol. The van der Waals surface area contributed by atoms with Crippen LogP contribution in [-0.4, -0.2) is 49.5 Å². The van der Waals surface area contributed by atoms with Crippen molar-refractivity contribution in [3.05, 3.63) is 42.7 Å². The summed E-state index contributed by atoms with van der Waals surface area (Å²) in [6, 6.07) is 8.31. The van der Waals surface area contributed by atoms with E-state index >= 15 is 0 Å². The van der Waals surface area contributed by atoms with Gasteiger partial charge in [0, 0.05) is 49.5 Å². The van der Waals surface area contributed by atoms with Crippen LogP contribution in [0.4, 0.5) is 5.95 Å². The molecular formula is C17H18N6O2S. The Morgan fingerprint density at radius 1 is 1.08 bits per heavy atom. The maximum atomic E-state index is 11.6. The molecule has 1 aliphatic rings. The largest absolute Gasteiger partial charge is 0.338 e. The summed E-state index contributed by atoms with van der Waals surface area (Å²) in [6.07, 6.45) is 3.45. The molecule has 3 N–H and O–H groups in total. The van der Waals surface area contributed by atoms with Crippen LogP contribution in [0.15, 0.2) is 47.6 Å². The maximum absolute atomic E-state index is 11.6. The van der Waals surface area contributed by atoms with E-state index in [-0.39, 0.29) is 4.90 Å². The van der Waals surface area contributed by atoms with E-state index in [9.17, 15) is 8.42 Å². The van der Waals surface area contributed by atoms with Gasteiger partial charge >= 0.3 is 0 Å². The van der Waals surface area contributed by atoms with Gasteiger partial charge in [-0.25, -0.2) is 23.5 Å². The lowest BCUT2D eigenvalue weighted by molar-refractivity contribution is 0.580. The summed E-state index contributed by atoms with van der Waals surface area (Å²) in [7, 11) is -3.76. The smallest absolute Gasteiger partial charge is 0.238 e. The summed E-state index contributed by atoms with van der Waals surface area (Å²) in [4.78, 5) is 15.6. The second-order valence-electron chi connectivity index (χ2n) is 6.10. The quantitative estimate of drug-likeness (QED) is 0.699. The normalized spacial score (nSPS) is 15.3. The Bertz CT molecular complexity index is 1060. The zero-order chi connectivity index (χ0) is 18.1. The lowest BCUT2D eigenvalue weighted by Crippen LogP contribution is -2.44. The molecule has 134 valence electrons. The van der Waals surface area contributed by atoms with Crippen LogP contribution in [0.2, 0.25) is 0 Å². The third-order valence-electron chi connectivity index (χ3n) is 4.32. The highest BCUT2D eigenvalue weighted by Gasteiger charge is 2.14. The molecule has 9 heteroatoms. The molecule has 1 aliphatic heterocycles. The van der Waals surface area contributed by atoms with E-state index in [1.165, 1.54) is 12.1 Å². The Hall–Kier alpha value is -2.62. The number of rotatable bonds is 3. The van der Waals surface area contributed by atoms with Gasteiger partial charge in [0.2, 0.25) is 16.0 Å². The second-order valence-corrected chi connectivity index (χ2v) is 7.66. The summed E-state index contributed by atoms with van der Waals surface area (Å²) < 4.78 is 23.2. The van der Waals surface area contributed by atoms with Crippen molar-refractivity contribution in [3.63, 3.8) is 0 Å². The highest BCUT2D eigenvalue weighted by molar-refractivity contribution is 7.89. The second kappa shape index (κ2) is 6.60. The number of anilines is 1. The van der Waals surface area contributed by atoms with E-state index < -0.39 is 10.0 Å². The van der Waals surface area contributed by atoms with Gasteiger partial charge in [-0.2, -0.15) is 0 Å². The van der Waals surface area contributed by atoms with Crippen LogP contribution in [0.3, 0.4) is 0 Å². The third kappa shape index (κ3) is 3.36. The van der Waals surface area contributed by atoms with E-state index in [1.54, 1.807) is 18.5 Å². The molecule has 1 fully saturated rings. The van der Waals surface area contributed by atoms with Gasteiger partial charge < -0.3 is 10.2 Å². The zero-order valence-corrected chi connectivity index (χ0v) is 14.8. The van der Waals surface area contributed by atoms with Gasteiger partial charge in [-0.1, -0.05) is 0 Å².